The first-order valence-corrected chi connectivity index (χ1v) is 7.57. The van der Waals surface area contributed by atoms with Crippen molar-refractivity contribution in [3.05, 3.63) is 10.6 Å². The second-order valence-electron chi connectivity index (χ2n) is 4.52. The number of nitrogens with zero attached hydrogens (tertiary/aromatic N) is 2. The van der Waals surface area contributed by atoms with Gasteiger partial charge in [0.2, 0.25) is 0 Å². The molecule has 0 bridgehead atoms. The average Bonchev–Trinajstić information content (AvgIpc) is 3.08. The summed E-state index contributed by atoms with van der Waals surface area (Å²) in [5.41, 5.74) is 1.28. The molecule has 1 aliphatic rings. The molecule has 1 aliphatic carbocycles. The molecule has 4 heteroatoms. The van der Waals surface area contributed by atoms with Crippen LogP contribution >= 0.6 is 11.3 Å². The van der Waals surface area contributed by atoms with Gasteiger partial charge in [-0.2, -0.15) is 0 Å². The first-order valence-electron chi connectivity index (χ1n) is 6.76. The van der Waals surface area contributed by atoms with Crippen LogP contribution in [0.2, 0.25) is 0 Å². The first-order chi connectivity index (χ1) is 8.30. The van der Waals surface area contributed by atoms with Crippen LogP contribution in [-0.4, -0.2) is 24.1 Å². The van der Waals surface area contributed by atoms with Crippen LogP contribution in [0.1, 0.15) is 44.2 Å². The van der Waals surface area contributed by atoms with Gasteiger partial charge in [-0.15, -0.1) is 11.3 Å². The van der Waals surface area contributed by atoms with Gasteiger partial charge < -0.3 is 10.2 Å². The number of rotatable bonds is 7. The zero-order valence-corrected chi connectivity index (χ0v) is 11.9. The van der Waals surface area contributed by atoms with Crippen molar-refractivity contribution < 1.29 is 0 Å². The lowest BCUT2D eigenvalue weighted by Gasteiger charge is -2.18. The molecule has 0 unspecified atom stereocenters. The van der Waals surface area contributed by atoms with Crippen molar-refractivity contribution in [2.75, 3.05) is 18.0 Å². The van der Waals surface area contributed by atoms with Gasteiger partial charge in [-0.1, -0.05) is 13.8 Å². The van der Waals surface area contributed by atoms with E-state index in [1.54, 1.807) is 0 Å². The van der Waals surface area contributed by atoms with Crippen molar-refractivity contribution in [2.24, 2.45) is 0 Å². The fraction of sp³-hybridized carbons (Fsp3) is 0.769. The highest BCUT2D eigenvalue weighted by molar-refractivity contribution is 7.15. The molecule has 17 heavy (non-hydrogen) atoms. The van der Waals surface area contributed by atoms with Crippen LogP contribution in [0.3, 0.4) is 0 Å². The molecule has 2 rings (SSSR count). The summed E-state index contributed by atoms with van der Waals surface area (Å²) in [6.07, 6.45) is 3.73. The van der Waals surface area contributed by atoms with Gasteiger partial charge in [-0.05, 0) is 32.7 Å². The van der Waals surface area contributed by atoms with Gasteiger partial charge in [0.05, 0.1) is 5.69 Å². The summed E-state index contributed by atoms with van der Waals surface area (Å²) in [6.45, 7) is 9.66. The number of anilines is 1. The number of aromatic nitrogens is 1. The summed E-state index contributed by atoms with van der Waals surface area (Å²) < 4.78 is 0. The topological polar surface area (TPSA) is 28.2 Å². The molecule has 1 aromatic heterocycles. The van der Waals surface area contributed by atoms with Crippen LogP contribution < -0.4 is 10.2 Å². The maximum Gasteiger partial charge on any atom is 0.186 e. The smallest absolute Gasteiger partial charge is 0.186 e. The number of nitrogens with one attached hydrogen (secondary N) is 1. The summed E-state index contributed by atoms with van der Waals surface area (Å²) in [4.78, 5) is 8.71. The Kier molecular flexibility index (Phi) is 4.40. The van der Waals surface area contributed by atoms with E-state index in [0.29, 0.717) is 0 Å². The third-order valence-corrected chi connectivity index (χ3v) is 4.35. The Bertz CT molecular complexity index is 358. The van der Waals surface area contributed by atoms with E-state index in [-0.39, 0.29) is 0 Å². The van der Waals surface area contributed by atoms with E-state index in [2.05, 4.69) is 31.0 Å². The van der Waals surface area contributed by atoms with Crippen molar-refractivity contribution in [2.45, 2.75) is 52.6 Å². The normalized spacial score (nSPS) is 15.2. The highest BCUT2D eigenvalue weighted by atomic mass is 32.1. The van der Waals surface area contributed by atoms with Crippen molar-refractivity contribution in [3.63, 3.8) is 0 Å². The Labute approximate surface area is 108 Å². The van der Waals surface area contributed by atoms with Crippen molar-refractivity contribution in [1.82, 2.24) is 10.3 Å². The van der Waals surface area contributed by atoms with Crippen LogP contribution in [0.15, 0.2) is 0 Å². The van der Waals surface area contributed by atoms with Gasteiger partial charge in [-0.25, -0.2) is 4.98 Å². The second-order valence-corrected chi connectivity index (χ2v) is 5.58. The number of aryl methyl sites for hydroxylation is 1. The molecule has 1 saturated carbocycles. The lowest BCUT2D eigenvalue weighted by atomic mass is 10.3. The first kappa shape index (κ1) is 12.8. The van der Waals surface area contributed by atoms with Crippen LogP contribution in [-0.2, 0) is 13.0 Å². The fourth-order valence-electron chi connectivity index (χ4n) is 2.08. The third-order valence-electron chi connectivity index (χ3n) is 3.21. The van der Waals surface area contributed by atoms with Crippen LogP contribution in [0.5, 0.6) is 0 Å². The fourth-order valence-corrected chi connectivity index (χ4v) is 3.33. The maximum atomic E-state index is 4.82. The third kappa shape index (κ3) is 2.99. The minimum atomic E-state index is 0.767. The maximum absolute atomic E-state index is 4.82. The van der Waals surface area contributed by atoms with Gasteiger partial charge in [0, 0.05) is 24.0 Å². The Morgan fingerprint density at radius 1 is 1.35 bits per heavy atom. The van der Waals surface area contributed by atoms with Gasteiger partial charge in [0.25, 0.3) is 0 Å². The molecule has 0 spiro atoms. The van der Waals surface area contributed by atoms with Crippen LogP contribution in [0.25, 0.3) is 0 Å². The molecule has 0 aromatic carbocycles. The standard InChI is InChI=1S/C13H23N3S/c1-4-11-12(9-14-5-2)17-13(15-11)16(6-3)10-7-8-10/h10,14H,4-9H2,1-3H3. The lowest BCUT2D eigenvalue weighted by Crippen LogP contribution is -2.24. The van der Waals surface area contributed by atoms with E-state index in [1.165, 1.54) is 28.5 Å². The summed E-state index contributed by atoms with van der Waals surface area (Å²) in [7, 11) is 0. The number of hydrogen-bond donors (Lipinski definition) is 1. The van der Waals surface area contributed by atoms with Crippen molar-refractivity contribution in [1.29, 1.82) is 0 Å². The van der Waals surface area contributed by atoms with Gasteiger partial charge >= 0.3 is 0 Å². The summed E-state index contributed by atoms with van der Waals surface area (Å²) in [5, 5.41) is 4.64. The van der Waals surface area contributed by atoms with Gasteiger partial charge in [-0.3, -0.25) is 0 Å². The molecule has 1 aromatic rings. The quantitative estimate of drug-likeness (QED) is 0.810. The van der Waals surface area contributed by atoms with Crippen LogP contribution in [0.4, 0.5) is 5.13 Å². The lowest BCUT2D eigenvalue weighted by molar-refractivity contribution is 0.727. The Morgan fingerprint density at radius 2 is 2.12 bits per heavy atom. The summed E-state index contributed by atoms with van der Waals surface area (Å²) >= 11 is 1.88. The molecule has 1 fully saturated rings. The molecule has 0 amide bonds. The SMILES string of the molecule is CCNCc1sc(N(CC)C2CC2)nc1CC. The van der Waals surface area contributed by atoms with Crippen LogP contribution in [0, 0.1) is 0 Å². The minimum Gasteiger partial charge on any atom is -0.345 e. The molecule has 1 N–H and O–H groups in total. The summed E-state index contributed by atoms with van der Waals surface area (Å²) in [5.74, 6) is 0. The number of hydrogen-bond acceptors (Lipinski definition) is 4. The highest BCUT2D eigenvalue weighted by Crippen LogP contribution is 2.35. The predicted octanol–water partition coefficient (Wildman–Crippen LogP) is 2.80. The van der Waals surface area contributed by atoms with Crippen molar-refractivity contribution in [3.8, 4) is 0 Å². The summed E-state index contributed by atoms with van der Waals surface area (Å²) in [6, 6.07) is 0.767. The minimum absolute atomic E-state index is 0.767. The zero-order valence-electron chi connectivity index (χ0n) is 11.1. The molecular weight excluding hydrogens is 230 g/mol. The molecular formula is C13H23N3S. The van der Waals surface area contributed by atoms with E-state index in [4.69, 9.17) is 4.98 Å². The van der Waals surface area contributed by atoms with Gasteiger partial charge in [0.15, 0.2) is 5.13 Å². The van der Waals surface area contributed by atoms with E-state index < -0.39 is 0 Å². The van der Waals surface area contributed by atoms with E-state index >= 15 is 0 Å². The molecule has 0 radical (unpaired) electrons. The van der Waals surface area contributed by atoms with E-state index in [1.807, 2.05) is 11.3 Å². The monoisotopic (exact) mass is 253 g/mol. The average molecular weight is 253 g/mol. The molecule has 0 atom stereocenters. The molecule has 3 nitrogen and oxygen atoms in total. The van der Waals surface area contributed by atoms with Crippen molar-refractivity contribution >= 4 is 16.5 Å². The molecule has 1 heterocycles. The Hall–Kier alpha value is -0.610. The molecule has 0 saturated heterocycles. The predicted molar refractivity (Wildman–Crippen MR) is 74.9 cm³/mol. The molecule has 96 valence electrons. The highest BCUT2D eigenvalue weighted by Gasteiger charge is 2.30. The zero-order chi connectivity index (χ0) is 12.3. The molecule has 0 aliphatic heterocycles. The van der Waals surface area contributed by atoms with E-state index in [9.17, 15) is 0 Å². The Morgan fingerprint density at radius 3 is 2.65 bits per heavy atom. The Balaban J connectivity index is 2.13. The van der Waals surface area contributed by atoms with E-state index in [0.717, 1.165) is 32.1 Å². The second kappa shape index (κ2) is 5.83. The number of thiazole rings is 1. The van der Waals surface area contributed by atoms with Gasteiger partial charge in [0.1, 0.15) is 0 Å². The largest absolute Gasteiger partial charge is 0.345 e.